The van der Waals surface area contributed by atoms with Gasteiger partial charge in [0.05, 0.1) is 21.1 Å². The van der Waals surface area contributed by atoms with Gasteiger partial charge in [-0.05, 0) is 46.3 Å². The first-order valence-electron chi connectivity index (χ1n) is 5.77. The van der Waals surface area contributed by atoms with Gasteiger partial charge in [-0.25, -0.2) is 9.18 Å². The highest BCUT2D eigenvalue weighted by Gasteiger charge is 2.16. The molecule has 1 heterocycles. The minimum atomic E-state index is -0.597. The predicted molar refractivity (Wildman–Crippen MR) is 76.5 cm³/mol. The quantitative estimate of drug-likeness (QED) is 0.707. The second kappa shape index (κ2) is 4.72. The van der Waals surface area contributed by atoms with Gasteiger partial charge >= 0.3 is 5.69 Å². The van der Waals surface area contributed by atoms with Crippen molar-refractivity contribution in [3.63, 3.8) is 0 Å². The molecule has 6 heteroatoms. The molecule has 0 aliphatic heterocycles. The smallest absolute Gasteiger partial charge is 0.306 e. The number of rotatable bonds is 2. The van der Waals surface area contributed by atoms with Gasteiger partial charge in [-0.1, -0.05) is 6.07 Å². The largest absolute Gasteiger partial charge is 0.323 e. The summed E-state index contributed by atoms with van der Waals surface area (Å²) in [6, 6.07) is 9.23. The summed E-state index contributed by atoms with van der Waals surface area (Å²) in [6.45, 7) is 0. The van der Waals surface area contributed by atoms with Crippen molar-refractivity contribution in [3.05, 3.63) is 68.3 Å². The lowest BCUT2D eigenvalue weighted by atomic mass is 10.0. The van der Waals surface area contributed by atoms with E-state index in [4.69, 9.17) is 0 Å². The van der Waals surface area contributed by atoms with E-state index >= 15 is 0 Å². The van der Waals surface area contributed by atoms with Crippen LogP contribution in [0.2, 0.25) is 0 Å². The van der Waals surface area contributed by atoms with Crippen LogP contribution in [-0.2, 0) is 0 Å². The molecule has 0 bridgehead atoms. The highest BCUT2D eigenvalue weighted by molar-refractivity contribution is 9.10. The number of imidazole rings is 1. The number of carbonyl (C=O) groups is 1. The fourth-order valence-electron chi connectivity index (χ4n) is 2.01. The predicted octanol–water partition coefficient (Wildman–Crippen LogP) is 2.99. The van der Waals surface area contributed by atoms with Crippen molar-refractivity contribution in [1.29, 1.82) is 0 Å². The van der Waals surface area contributed by atoms with Crippen LogP contribution in [0, 0.1) is 5.82 Å². The van der Waals surface area contributed by atoms with Crippen LogP contribution in [-0.4, -0.2) is 15.8 Å². The van der Waals surface area contributed by atoms with E-state index in [-0.39, 0.29) is 15.7 Å². The van der Waals surface area contributed by atoms with Gasteiger partial charge in [0.25, 0.3) is 0 Å². The number of fused-ring (bicyclic) bond motifs is 1. The number of carbonyl (C=O) groups excluding carboxylic acids is 1. The molecule has 0 unspecified atom stereocenters. The first-order valence-corrected chi connectivity index (χ1v) is 6.56. The molecule has 0 radical (unpaired) electrons. The maximum absolute atomic E-state index is 13.9. The summed E-state index contributed by atoms with van der Waals surface area (Å²) in [7, 11) is 0. The third kappa shape index (κ3) is 2.08. The molecule has 2 N–H and O–H groups in total. The van der Waals surface area contributed by atoms with Crippen molar-refractivity contribution >= 4 is 32.7 Å². The highest BCUT2D eigenvalue weighted by atomic mass is 79.9. The summed E-state index contributed by atoms with van der Waals surface area (Å²) >= 11 is 3.05. The average Bonchev–Trinajstić information content (AvgIpc) is 2.80. The number of H-pyrrole nitrogens is 2. The van der Waals surface area contributed by atoms with E-state index in [2.05, 4.69) is 25.9 Å². The van der Waals surface area contributed by atoms with Crippen LogP contribution in [0.3, 0.4) is 0 Å². The Bertz CT molecular complexity index is 882. The topological polar surface area (TPSA) is 65.7 Å². The Hall–Kier alpha value is -2.21. The summed E-state index contributed by atoms with van der Waals surface area (Å²) in [5.41, 5.74) is 1.05. The standard InChI is InChI=1S/C14H8BrFN2O2/c15-9-3-1-2-8(12(9)16)13(19)7-4-5-10-11(6-7)18-14(20)17-10/h1-6H,(H2,17,18,20). The second-order valence-corrected chi connectivity index (χ2v) is 5.12. The molecule has 0 saturated carbocycles. The van der Waals surface area contributed by atoms with Gasteiger partial charge in [0.15, 0.2) is 5.78 Å². The van der Waals surface area contributed by atoms with Crippen molar-refractivity contribution in [1.82, 2.24) is 9.97 Å². The molecule has 3 rings (SSSR count). The van der Waals surface area contributed by atoms with E-state index in [0.717, 1.165) is 0 Å². The summed E-state index contributed by atoms with van der Waals surface area (Å²) < 4.78 is 14.2. The molecule has 0 amide bonds. The molecule has 4 nitrogen and oxygen atoms in total. The van der Waals surface area contributed by atoms with Gasteiger partial charge in [-0.2, -0.15) is 0 Å². The minimum Gasteiger partial charge on any atom is -0.306 e. The molecule has 20 heavy (non-hydrogen) atoms. The average molecular weight is 335 g/mol. The molecule has 0 aliphatic rings. The second-order valence-electron chi connectivity index (χ2n) is 4.27. The third-order valence-corrected chi connectivity index (χ3v) is 3.59. The zero-order valence-electron chi connectivity index (χ0n) is 10.0. The van der Waals surface area contributed by atoms with Crippen LogP contribution in [0.4, 0.5) is 4.39 Å². The first kappa shape index (κ1) is 12.8. The number of hydrogen-bond donors (Lipinski definition) is 2. The van der Waals surface area contributed by atoms with Crippen molar-refractivity contribution in [2.24, 2.45) is 0 Å². The normalized spacial score (nSPS) is 10.9. The number of benzene rings is 2. The molecular formula is C14H8BrFN2O2. The molecule has 0 aliphatic carbocycles. The zero-order valence-corrected chi connectivity index (χ0v) is 11.6. The lowest BCUT2D eigenvalue weighted by Gasteiger charge is -2.04. The fraction of sp³-hybridized carbons (Fsp3) is 0. The van der Waals surface area contributed by atoms with Gasteiger partial charge < -0.3 is 9.97 Å². The number of halogens is 2. The Morgan fingerprint density at radius 3 is 2.65 bits per heavy atom. The highest BCUT2D eigenvalue weighted by Crippen LogP contribution is 2.22. The number of aromatic nitrogens is 2. The minimum absolute atomic E-state index is 0.0170. The van der Waals surface area contributed by atoms with Crippen LogP contribution >= 0.6 is 15.9 Å². The Morgan fingerprint density at radius 2 is 1.85 bits per heavy atom. The Balaban J connectivity index is 2.12. The maximum atomic E-state index is 13.9. The zero-order chi connectivity index (χ0) is 14.3. The Kier molecular flexibility index (Phi) is 3.02. The Morgan fingerprint density at radius 1 is 1.10 bits per heavy atom. The van der Waals surface area contributed by atoms with E-state index in [9.17, 15) is 14.0 Å². The lowest BCUT2D eigenvalue weighted by Crippen LogP contribution is -2.04. The monoisotopic (exact) mass is 334 g/mol. The molecule has 0 fully saturated rings. The van der Waals surface area contributed by atoms with Crippen molar-refractivity contribution in [3.8, 4) is 0 Å². The van der Waals surface area contributed by atoms with Gasteiger partial charge in [0.1, 0.15) is 5.82 Å². The molecule has 0 saturated heterocycles. The number of aromatic amines is 2. The summed E-state index contributed by atoms with van der Waals surface area (Å²) in [5, 5.41) is 0. The van der Waals surface area contributed by atoms with Gasteiger partial charge in [-0.3, -0.25) is 4.79 Å². The molecule has 1 aromatic heterocycles. The molecule has 100 valence electrons. The summed E-state index contributed by atoms with van der Waals surface area (Å²) in [5.74, 6) is -1.03. The molecule has 0 atom stereocenters. The number of hydrogen-bond acceptors (Lipinski definition) is 2. The van der Waals surface area contributed by atoms with Crippen molar-refractivity contribution in [2.75, 3.05) is 0 Å². The summed E-state index contributed by atoms with van der Waals surface area (Å²) in [4.78, 5) is 28.6. The fourth-order valence-corrected chi connectivity index (χ4v) is 2.37. The van der Waals surface area contributed by atoms with Crippen LogP contribution in [0.1, 0.15) is 15.9 Å². The van der Waals surface area contributed by atoms with E-state index in [0.29, 0.717) is 16.6 Å². The molecule has 3 aromatic rings. The van der Waals surface area contributed by atoms with Gasteiger partial charge in [-0.15, -0.1) is 0 Å². The molecular weight excluding hydrogens is 327 g/mol. The third-order valence-electron chi connectivity index (χ3n) is 2.97. The van der Waals surface area contributed by atoms with E-state index < -0.39 is 11.6 Å². The van der Waals surface area contributed by atoms with E-state index in [1.807, 2.05) is 0 Å². The van der Waals surface area contributed by atoms with Crippen molar-refractivity contribution < 1.29 is 9.18 Å². The summed E-state index contributed by atoms with van der Waals surface area (Å²) in [6.07, 6.45) is 0. The Labute approximate surface area is 120 Å². The van der Waals surface area contributed by atoms with Crippen molar-refractivity contribution in [2.45, 2.75) is 0 Å². The van der Waals surface area contributed by atoms with Gasteiger partial charge in [0.2, 0.25) is 0 Å². The van der Waals surface area contributed by atoms with Gasteiger partial charge in [0, 0.05) is 5.56 Å². The molecule has 2 aromatic carbocycles. The van der Waals surface area contributed by atoms with Crippen LogP contribution in [0.5, 0.6) is 0 Å². The van der Waals surface area contributed by atoms with Crippen LogP contribution < -0.4 is 5.69 Å². The van der Waals surface area contributed by atoms with Crippen LogP contribution in [0.15, 0.2) is 45.7 Å². The molecule has 0 spiro atoms. The lowest BCUT2D eigenvalue weighted by molar-refractivity contribution is 0.103. The number of nitrogens with one attached hydrogen (secondary N) is 2. The first-order chi connectivity index (χ1) is 9.56. The van der Waals surface area contributed by atoms with E-state index in [1.54, 1.807) is 18.2 Å². The van der Waals surface area contributed by atoms with Crippen LogP contribution in [0.25, 0.3) is 11.0 Å². The number of ketones is 1. The SMILES string of the molecule is O=C(c1ccc2[nH]c(=O)[nH]c2c1)c1cccc(Br)c1F. The maximum Gasteiger partial charge on any atom is 0.323 e. The van der Waals surface area contributed by atoms with E-state index in [1.165, 1.54) is 18.2 Å².